The van der Waals surface area contributed by atoms with E-state index < -0.39 is 0 Å². The molecule has 2 nitrogen and oxygen atoms in total. The number of nitrogens with one attached hydrogen (secondary N) is 2. The number of aromatic nitrogens is 2. The maximum absolute atomic E-state index is 3.71. The molecule has 2 aliphatic rings. The van der Waals surface area contributed by atoms with Gasteiger partial charge in [0.2, 0.25) is 0 Å². The first kappa shape index (κ1) is 20.0. The summed E-state index contributed by atoms with van der Waals surface area (Å²) in [5.41, 5.74) is 15.2. The predicted octanol–water partition coefficient (Wildman–Crippen LogP) is 9.30. The zero-order valence-corrected chi connectivity index (χ0v) is 21.0. The van der Waals surface area contributed by atoms with E-state index in [2.05, 4.69) is 131 Å². The highest BCUT2D eigenvalue weighted by Gasteiger charge is 2.52. The van der Waals surface area contributed by atoms with Crippen LogP contribution in [0.5, 0.6) is 0 Å². The van der Waals surface area contributed by atoms with Crippen molar-refractivity contribution in [1.29, 1.82) is 0 Å². The van der Waals surface area contributed by atoms with Crippen molar-refractivity contribution in [3.05, 3.63) is 144 Å². The Morgan fingerprint density at radius 3 is 1.28 bits per heavy atom. The molecule has 0 amide bonds. The lowest BCUT2D eigenvalue weighted by Crippen LogP contribution is -2.25. The third-order valence-corrected chi connectivity index (χ3v) is 9.34. The van der Waals surface area contributed by atoms with Crippen LogP contribution in [0.15, 0.2) is 121 Å². The molecule has 2 aliphatic carbocycles. The van der Waals surface area contributed by atoms with Crippen molar-refractivity contribution in [2.24, 2.45) is 0 Å². The summed E-state index contributed by atoms with van der Waals surface area (Å²) < 4.78 is 0. The van der Waals surface area contributed by atoms with Crippen molar-refractivity contribution in [3.63, 3.8) is 0 Å². The smallest absolute Gasteiger partial charge is 0.0726 e. The Labute approximate surface area is 224 Å². The van der Waals surface area contributed by atoms with Gasteiger partial charge in [0.15, 0.2) is 0 Å². The predicted molar refractivity (Wildman–Crippen MR) is 161 cm³/mol. The minimum absolute atomic E-state index is 0.364. The molecule has 39 heavy (non-hydrogen) atoms. The molecule has 0 radical (unpaired) electrons. The average Bonchev–Trinajstić information content (AvgIpc) is 3.69. The van der Waals surface area contributed by atoms with Crippen molar-refractivity contribution in [3.8, 4) is 22.3 Å². The molecule has 1 spiro atoms. The topological polar surface area (TPSA) is 31.6 Å². The number of para-hydroxylation sites is 2. The number of H-pyrrole nitrogens is 2. The molecule has 0 fully saturated rings. The minimum atomic E-state index is -0.364. The molecular weight excluding hydrogens is 472 g/mol. The van der Waals surface area contributed by atoms with E-state index in [1.165, 1.54) is 88.1 Å². The quantitative estimate of drug-likeness (QED) is 0.210. The monoisotopic (exact) mass is 494 g/mol. The van der Waals surface area contributed by atoms with Gasteiger partial charge in [-0.15, -0.1) is 0 Å². The van der Waals surface area contributed by atoms with E-state index in [-0.39, 0.29) is 5.41 Å². The van der Waals surface area contributed by atoms with Crippen LogP contribution in [0, 0.1) is 0 Å². The fourth-order valence-electron chi connectivity index (χ4n) is 7.82. The molecule has 0 saturated carbocycles. The van der Waals surface area contributed by atoms with Crippen LogP contribution in [0.3, 0.4) is 0 Å². The molecule has 0 unspecified atom stereocenters. The number of hydrogen-bond acceptors (Lipinski definition) is 0. The number of benzene rings is 6. The SMILES string of the molecule is c1ccc2c(c1)-c1ccccc1C21c2cc3c(cc2-c2cc4[nH]c5ccccc5c4cc21)[nH]c1ccccc13. The van der Waals surface area contributed by atoms with Crippen molar-refractivity contribution >= 4 is 43.6 Å². The van der Waals surface area contributed by atoms with Gasteiger partial charge < -0.3 is 9.97 Å². The van der Waals surface area contributed by atoms with Crippen LogP contribution in [0.25, 0.3) is 65.9 Å². The summed E-state index contributed by atoms with van der Waals surface area (Å²) in [5, 5.41) is 5.13. The third-order valence-electron chi connectivity index (χ3n) is 9.34. The van der Waals surface area contributed by atoms with Crippen LogP contribution in [0.1, 0.15) is 22.3 Å². The molecule has 2 heteroatoms. The average molecular weight is 495 g/mol. The van der Waals surface area contributed by atoms with Crippen molar-refractivity contribution in [2.45, 2.75) is 5.41 Å². The summed E-state index contributed by atoms with van der Waals surface area (Å²) in [6.07, 6.45) is 0. The molecule has 2 aromatic heterocycles. The third kappa shape index (κ3) is 2.23. The van der Waals surface area contributed by atoms with E-state index in [9.17, 15) is 0 Å². The van der Waals surface area contributed by atoms with Crippen LogP contribution in [-0.2, 0) is 5.41 Å². The molecule has 2 heterocycles. The summed E-state index contributed by atoms with van der Waals surface area (Å²) in [7, 11) is 0. The van der Waals surface area contributed by atoms with E-state index >= 15 is 0 Å². The highest BCUT2D eigenvalue weighted by Crippen LogP contribution is 2.63. The van der Waals surface area contributed by atoms with E-state index in [0.717, 1.165) is 0 Å². The highest BCUT2D eigenvalue weighted by molar-refractivity contribution is 6.13. The highest BCUT2D eigenvalue weighted by atomic mass is 14.7. The fourth-order valence-corrected chi connectivity index (χ4v) is 7.82. The molecule has 10 rings (SSSR count). The standard InChI is InChI=1S/C37H22N2/c1-5-13-29-21(9-1)22-10-2-6-14-30(22)37(29)31-17-27-23-11-3-7-15-33(23)38-35(27)19-25(31)26-20-36-28(18-32(26)37)24-12-4-8-16-34(24)39-36/h1-20,38-39H. The Morgan fingerprint density at radius 2 is 0.769 bits per heavy atom. The summed E-state index contributed by atoms with van der Waals surface area (Å²) in [4.78, 5) is 7.41. The molecule has 8 aromatic rings. The van der Waals surface area contributed by atoms with E-state index in [0.29, 0.717) is 0 Å². The largest absolute Gasteiger partial charge is 0.354 e. The minimum Gasteiger partial charge on any atom is -0.354 e. The van der Waals surface area contributed by atoms with Crippen molar-refractivity contribution < 1.29 is 0 Å². The number of rotatable bonds is 0. The lowest BCUT2D eigenvalue weighted by Gasteiger charge is -2.30. The van der Waals surface area contributed by atoms with Gasteiger partial charge in [0.05, 0.1) is 5.41 Å². The van der Waals surface area contributed by atoms with Crippen LogP contribution >= 0.6 is 0 Å². The van der Waals surface area contributed by atoms with Crippen LogP contribution in [0.2, 0.25) is 0 Å². The van der Waals surface area contributed by atoms with Gasteiger partial charge in [-0.25, -0.2) is 0 Å². The molecule has 0 atom stereocenters. The van der Waals surface area contributed by atoms with Crippen molar-refractivity contribution in [2.75, 3.05) is 0 Å². The molecular formula is C37H22N2. The first-order chi connectivity index (χ1) is 19.3. The normalized spacial score (nSPS) is 14.4. The Morgan fingerprint density at radius 1 is 0.333 bits per heavy atom. The summed E-state index contributed by atoms with van der Waals surface area (Å²) >= 11 is 0. The van der Waals surface area contributed by atoms with Crippen LogP contribution in [-0.4, -0.2) is 9.97 Å². The second kappa shape index (κ2) is 6.67. The number of hydrogen-bond donors (Lipinski definition) is 2. The molecule has 180 valence electrons. The molecule has 0 bridgehead atoms. The zero-order valence-electron chi connectivity index (χ0n) is 21.0. The summed E-state index contributed by atoms with van der Waals surface area (Å²) in [5.74, 6) is 0. The lowest BCUT2D eigenvalue weighted by molar-refractivity contribution is 0.796. The fraction of sp³-hybridized carbons (Fsp3) is 0.0270. The summed E-state index contributed by atoms with van der Waals surface area (Å²) in [6, 6.07) is 45.2. The van der Waals surface area contributed by atoms with Gasteiger partial charge in [-0.2, -0.15) is 0 Å². The van der Waals surface area contributed by atoms with Crippen LogP contribution < -0.4 is 0 Å². The molecule has 0 aliphatic heterocycles. The van der Waals surface area contributed by atoms with E-state index in [1.54, 1.807) is 0 Å². The molecule has 6 aromatic carbocycles. The second-order valence-corrected chi connectivity index (χ2v) is 11.1. The molecule has 2 N–H and O–H groups in total. The number of aromatic amines is 2. The van der Waals surface area contributed by atoms with Gasteiger partial charge in [-0.05, 0) is 80.9 Å². The second-order valence-electron chi connectivity index (χ2n) is 11.1. The Bertz CT molecular complexity index is 2180. The van der Waals surface area contributed by atoms with Gasteiger partial charge in [0.25, 0.3) is 0 Å². The Balaban J connectivity index is 1.45. The van der Waals surface area contributed by atoms with Gasteiger partial charge in [0, 0.05) is 43.6 Å². The van der Waals surface area contributed by atoms with Crippen LogP contribution in [0.4, 0.5) is 0 Å². The Hall–Kier alpha value is -5.08. The first-order valence-electron chi connectivity index (χ1n) is 13.6. The van der Waals surface area contributed by atoms with E-state index in [4.69, 9.17) is 0 Å². The maximum atomic E-state index is 3.71. The first-order valence-corrected chi connectivity index (χ1v) is 13.6. The maximum Gasteiger partial charge on any atom is 0.0726 e. The van der Waals surface area contributed by atoms with Gasteiger partial charge in [0.1, 0.15) is 0 Å². The summed E-state index contributed by atoms with van der Waals surface area (Å²) in [6.45, 7) is 0. The zero-order chi connectivity index (χ0) is 25.3. The van der Waals surface area contributed by atoms with Gasteiger partial charge >= 0.3 is 0 Å². The van der Waals surface area contributed by atoms with Gasteiger partial charge in [-0.3, -0.25) is 0 Å². The van der Waals surface area contributed by atoms with E-state index in [1.807, 2.05) is 0 Å². The number of fused-ring (bicyclic) bond motifs is 16. The van der Waals surface area contributed by atoms with Gasteiger partial charge in [-0.1, -0.05) is 84.9 Å². The van der Waals surface area contributed by atoms with Crippen molar-refractivity contribution in [1.82, 2.24) is 9.97 Å². The lowest BCUT2D eigenvalue weighted by atomic mass is 9.70. The Kier molecular flexibility index (Phi) is 3.41. The molecule has 0 saturated heterocycles.